The Balaban J connectivity index is 2.09. The van der Waals surface area contributed by atoms with Crippen molar-refractivity contribution in [3.05, 3.63) is 65.7 Å². The first-order valence-electron chi connectivity index (χ1n) is 7.37. The number of anilines is 1. The van der Waals surface area contributed by atoms with Gasteiger partial charge >= 0.3 is 0 Å². The molecule has 3 N–H and O–H groups in total. The van der Waals surface area contributed by atoms with Gasteiger partial charge in [0.2, 0.25) is 5.79 Å². The van der Waals surface area contributed by atoms with Gasteiger partial charge in [-0.3, -0.25) is 0 Å². The van der Waals surface area contributed by atoms with E-state index in [4.69, 9.17) is 5.26 Å². The minimum Gasteiger partial charge on any atom is -0.345 e. The van der Waals surface area contributed by atoms with E-state index in [0.29, 0.717) is 5.56 Å². The summed E-state index contributed by atoms with van der Waals surface area (Å²) < 4.78 is 0. The summed E-state index contributed by atoms with van der Waals surface area (Å²) >= 11 is 0. The van der Waals surface area contributed by atoms with E-state index in [1.165, 1.54) is 0 Å². The normalized spacial score (nSPS) is 20.1. The molecule has 1 heterocycles. The summed E-state index contributed by atoms with van der Waals surface area (Å²) in [7, 11) is 0. The van der Waals surface area contributed by atoms with E-state index in [-0.39, 0.29) is 0 Å². The molecule has 5 heteroatoms. The second-order valence-electron chi connectivity index (χ2n) is 5.48. The van der Waals surface area contributed by atoms with Crippen LogP contribution in [0, 0.1) is 11.3 Å². The van der Waals surface area contributed by atoms with E-state index in [9.17, 15) is 0 Å². The zero-order chi connectivity index (χ0) is 16.9. The Morgan fingerprint density at radius 2 is 2.09 bits per heavy atom. The van der Waals surface area contributed by atoms with E-state index in [0.717, 1.165) is 22.8 Å². The van der Waals surface area contributed by atoms with Crippen LogP contribution in [-0.4, -0.2) is 12.0 Å². The first-order chi connectivity index (χ1) is 11.0. The molecule has 2 rings (SSSR count). The van der Waals surface area contributed by atoms with Gasteiger partial charge in [0.1, 0.15) is 5.82 Å². The molecule has 1 aromatic carbocycles. The van der Waals surface area contributed by atoms with Crippen molar-refractivity contribution in [3.63, 3.8) is 0 Å². The van der Waals surface area contributed by atoms with Crippen molar-refractivity contribution in [2.45, 2.75) is 26.6 Å². The van der Waals surface area contributed by atoms with Crippen molar-refractivity contribution in [1.82, 2.24) is 10.6 Å². The number of aliphatic imine (C=N–C) groups is 1. The van der Waals surface area contributed by atoms with Crippen molar-refractivity contribution >= 4 is 11.9 Å². The minimum atomic E-state index is -0.681. The molecule has 1 atom stereocenters. The second-order valence-corrected chi connectivity index (χ2v) is 5.48. The van der Waals surface area contributed by atoms with Gasteiger partial charge in [-0.1, -0.05) is 12.7 Å². The van der Waals surface area contributed by atoms with E-state index >= 15 is 0 Å². The van der Waals surface area contributed by atoms with E-state index < -0.39 is 5.79 Å². The van der Waals surface area contributed by atoms with E-state index in [2.05, 4.69) is 33.6 Å². The number of nitrogens with one attached hydrogen (secondary N) is 3. The summed E-state index contributed by atoms with van der Waals surface area (Å²) in [6.45, 7) is 9.80. The molecule has 1 unspecified atom stereocenters. The summed E-state index contributed by atoms with van der Waals surface area (Å²) in [4.78, 5) is 4.46. The predicted octanol–water partition coefficient (Wildman–Crippen LogP) is 3.23. The molecule has 1 aromatic rings. The Labute approximate surface area is 137 Å². The lowest BCUT2D eigenvalue weighted by atomic mass is 10.2. The molecule has 23 heavy (non-hydrogen) atoms. The van der Waals surface area contributed by atoms with Crippen LogP contribution in [0.4, 0.5) is 5.69 Å². The van der Waals surface area contributed by atoms with Crippen LogP contribution in [-0.2, 0) is 0 Å². The lowest BCUT2D eigenvalue weighted by Gasteiger charge is -2.33. The fraction of sp³-hybridized carbons (Fsp3) is 0.222. The highest BCUT2D eigenvalue weighted by Gasteiger charge is 2.25. The standard InChI is InChI=1S/C18H21N5/c1-5-16(13(2)3)21-17-10-11-20-18(4,23-17)22-15-8-6-14(12-19)7-9-15/h5-11,21-23H,2H2,1,3-4H3/b16-5-. The Morgan fingerprint density at radius 1 is 1.39 bits per heavy atom. The quantitative estimate of drug-likeness (QED) is 0.730. The largest absolute Gasteiger partial charge is 0.345 e. The van der Waals surface area contributed by atoms with E-state index in [1.54, 1.807) is 18.3 Å². The van der Waals surface area contributed by atoms with E-state index in [1.807, 2.05) is 45.1 Å². The highest BCUT2D eigenvalue weighted by atomic mass is 15.4. The number of hydrogen-bond acceptors (Lipinski definition) is 5. The van der Waals surface area contributed by atoms with Crippen LogP contribution in [0.5, 0.6) is 0 Å². The average molecular weight is 307 g/mol. The Hall–Kier alpha value is -3.00. The van der Waals surface area contributed by atoms with Gasteiger partial charge in [-0.2, -0.15) is 5.26 Å². The first kappa shape index (κ1) is 16.4. The van der Waals surface area contributed by atoms with Crippen LogP contribution in [0.15, 0.2) is 65.1 Å². The van der Waals surface area contributed by atoms with Crippen molar-refractivity contribution in [2.24, 2.45) is 4.99 Å². The highest BCUT2D eigenvalue weighted by Crippen LogP contribution is 2.18. The molecular formula is C18H21N5. The molecule has 0 saturated carbocycles. The van der Waals surface area contributed by atoms with Gasteiger partial charge in [-0.15, -0.1) is 0 Å². The Kier molecular flexibility index (Phi) is 4.87. The van der Waals surface area contributed by atoms with Crippen molar-refractivity contribution in [1.29, 1.82) is 5.26 Å². The summed E-state index contributed by atoms with van der Waals surface area (Å²) in [5.74, 6) is 0.152. The molecule has 0 aliphatic carbocycles. The van der Waals surface area contributed by atoms with Crippen molar-refractivity contribution in [2.75, 3.05) is 5.32 Å². The zero-order valence-electron chi connectivity index (χ0n) is 13.6. The van der Waals surface area contributed by atoms with Gasteiger partial charge in [-0.05, 0) is 56.7 Å². The maximum atomic E-state index is 8.85. The molecule has 1 aliphatic heterocycles. The Bertz CT molecular complexity index is 719. The van der Waals surface area contributed by atoms with Crippen LogP contribution < -0.4 is 16.0 Å². The summed E-state index contributed by atoms with van der Waals surface area (Å²) in [5, 5.41) is 18.8. The van der Waals surface area contributed by atoms with Gasteiger partial charge in [0.05, 0.1) is 11.6 Å². The van der Waals surface area contributed by atoms with Gasteiger partial charge in [0.25, 0.3) is 0 Å². The second kappa shape index (κ2) is 6.84. The molecule has 118 valence electrons. The third-order valence-electron chi connectivity index (χ3n) is 3.37. The number of nitriles is 1. The molecule has 0 fully saturated rings. The Morgan fingerprint density at radius 3 is 2.65 bits per heavy atom. The third-order valence-corrected chi connectivity index (χ3v) is 3.37. The van der Waals surface area contributed by atoms with Crippen LogP contribution in [0.3, 0.4) is 0 Å². The summed E-state index contributed by atoms with van der Waals surface area (Å²) in [5.41, 5.74) is 3.42. The fourth-order valence-corrected chi connectivity index (χ4v) is 2.21. The number of hydrogen-bond donors (Lipinski definition) is 3. The molecular weight excluding hydrogens is 286 g/mol. The maximum absolute atomic E-state index is 8.85. The molecule has 0 saturated heterocycles. The average Bonchev–Trinajstić information content (AvgIpc) is 2.52. The molecule has 5 nitrogen and oxygen atoms in total. The van der Waals surface area contributed by atoms with Crippen LogP contribution in [0.25, 0.3) is 0 Å². The van der Waals surface area contributed by atoms with Crippen LogP contribution in [0.1, 0.15) is 26.3 Å². The lowest BCUT2D eigenvalue weighted by molar-refractivity contribution is 0.449. The number of rotatable bonds is 5. The maximum Gasteiger partial charge on any atom is 0.203 e. The smallest absolute Gasteiger partial charge is 0.203 e. The summed E-state index contributed by atoms with van der Waals surface area (Å²) in [6.07, 6.45) is 5.60. The van der Waals surface area contributed by atoms with Crippen molar-refractivity contribution < 1.29 is 0 Å². The topological polar surface area (TPSA) is 72.2 Å². The fourth-order valence-electron chi connectivity index (χ4n) is 2.21. The minimum absolute atomic E-state index is 0.627. The van der Waals surface area contributed by atoms with Gasteiger partial charge in [0, 0.05) is 17.6 Å². The number of allylic oxidation sites excluding steroid dienone is 3. The molecule has 0 bridgehead atoms. The molecule has 0 amide bonds. The first-order valence-corrected chi connectivity index (χ1v) is 7.37. The van der Waals surface area contributed by atoms with Gasteiger partial charge in [0.15, 0.2) is 0 Å². The lowest BCUT2D eigenvalue weighted by Crippen LogP contribution is -2.51. The zero-order valence-corrected chi connectivity index (χ0v) is 13.6. The third kappa shape index (κ3) is 4.24. The van der Waals surface area contributed by atoms with Crippen molar-refractivity contribution in [3.8, 4) is 6.07 Å². The monoisotopic (exact) mass is 307 g/mol. The predicted molar refractivity (Wildman–Crippen MR) is 94.6 cm³/mol. The van der Waals surface area contributed by atoms with Gasteiger partial charge < -0.3 is 16.0 Å². The number of benzene rings is 1. The summed E-state index contributed by atoms with van der Waals surface area (Å²) in [6, 6.07) is 9.36. The number of nitrogens with zero attached hydrogens (tertiary/aromatic N) is 2. The molecule has 0 aromatic heterocycles. The van der Waals surface area contributed by atoms with Crippen LogP contribution in [0.2, 0.25) is 0 Å². The molecule has 0 spiro atoms. The van der Waals surface area contributed by atoms with Gasteiger partial charge in [-0.25, -0.2) is 4.99 Å². The SMILES string of the molecule is C=C(C)/C(=C/C)NC1=CC=NC(C)(Nc2ccc(C#N)cc2)N1. The van der Waals surface area contributed by atoms with Crippen LogP contribution >= 0.6 is 0 Å². The molecule has 1 aliphatic rings. The highest BCUT2D eigenvalue weighted by molar-refractivity contribution is 5.74. The molecule has 0 radical (unpaired) electrons.